The molecule has 1 aliphatic heterocycles. The summed E-state index contributed by atoms with van der Waals surface area (Å²) in [7, 11) is 0. The van der Waals surface area contributed by atoms with Crippen molar-refractivity contribution in [2.75, 3.05) is 18.5 Å². The van der Waals surface area contributed by atoms with Crippen LogP contribution in [0.3, 0.4) is 0 Å². The number of nitrogens with zero attached hydrogens (tertiary/aromatic N) is 4. The molecule has 0 saturated heterocycles. The first-order valence-electron chi connectivity index (χ1n) is 20.3. The lowest BCUT2D eigenvalue weighted by Crippen LogP contribution is -2.03. The van der Waals surface area contributed by atoms with E-state index in [2.05, 4.69) is 93.3 Å². The lowest BCUT2D eigenvalue weighted by Gasteiger charge is -2.12. The van der Waals surface area contributed by atoms with Crippen molar-refractivity contribution in [3.63, 3.8) is 0 Å². The maximum Gasteiger partial charge on any atom is 0.256 e. The van der Waals surface area contributed by atoms with E-state index in [4.69, 9.17) is 14.6 Å². The van der Waals surface area contributed by atoms with Gasteiger partial charge in [0.15, 0.2) is 0 Å². The second kappa shape index (κ2) is 21.2. The number of carbonyl (C=O) groups is 1. The average Bonchev–Trinajstić information content (AvgIpc) is 3.54. The molecule has 6 aromatic rings. The average molecular weight is 1040 g/mol. The summed E-state index contributed by atoms with van der Waals surface area (Å²) in [6.07, 6.45) is 10.9. The van der Waals surface area contributed by atoms with Gasteiger partial charge in [-0.05, 0) is 170 Å². The van der Waals surface area contributed by atoms with Gasteiger partial charge < -0.3 is 14.8 Å². The molecule has 0 aromatic heterocycles. The second-order valence-electron chi connectivity index (χ2n) is 14.8. The summed E-state index contributed by atoms with van der Waals surface area (Å²) >= 11 is 9.63. The molecule has 0 spiro atoms. The van der Waals surface area contributed by atoms with Gasteiger partial charge in [0, 0.05) is 25.8 Å². The number of aryl methyl sites for hydroxylation is 2. The Kier molecular flexibility index (Phi) is 15.3. The van der Waals surface area contributed by atoms with Crippen LogP contribution in [0.15, 0.2) is 139 Å². The molecule has 1 amide bonds. The summed E-state index contributed by atoms with van der Waals surface area (Å²) in [5.74, 6) is 1.43. The number of nitrogens with one attached hydrogen (secondary N) is 1. The van der Waals surface area contributed by atoms with Gasteiger partial charge in [-0.1, -0.05) is 87.1 Å². The molecule has 0 aliphatic carbocycles. The first-order chi connectivity index (χ1) is 29.2. The number of ether oxygens (including phenoxy) is 2. The van der Waals surface area contributed by atoms with E-state index < -0.39 is 0 Å². The number of halogens is 3. The third-order valence-electron chi connectivity index (χ3n) is 10.3. The topological polar surface area (TPSA) is 97.0 Å². The molecule has 0 saturated carbocycles. The van der Waals surface area contributed by atoms with E-state index in [1.165, 1.54) is 25.7 Å². The highest BCUT2D eigenvalue weighted by atomic mass is 127. The van der Waals surface area contributed by atoms with Gasteiger partial charge in [-0.25, -0.2) is 0 Å². The number of carbonyl (C=O) groups excluding carboxylic acids is 1. The fourth-order valence-electron chi connectivity index (χ4n) is 7.05. The van der Waals surface area contributed by atoms with Gasteiger partial charge >= 0.3 is 0 Å². The van der Waals surface area contributed by atoms with E-state index >= 15 is 0 Å². The van der Waals surface area contributed by atoms with Crippen LogP contribution in [0.2, 0.25) is 0 Å². The zero-order valence-corrected chi connectivity index (χ0v) is 39.0. The highest BCUT2D eigenvalue weighted by Gasteiger charge is 2.24. The zero-order chi connectivity index (χ0) is 41.8. The molecule has 306 valence electrons. The third kappa shape index (κ3) is 11.3. The summed E-state index contributed by atoms with van der Waals surface area (Å²) < 4.78 is 15.3. The largest absolute Gasteiger partial charge is 0.491 e. The van der Waals surface area contributed by atoms with Crippen LogP contribution in [0, 0.1) is 17.4 Å². The predicted molar refractivity (Wildman–Crippen MR) is 260 cm³/mol. The van der Waals surface area contributed by atoms with Crippen LogP contribution in [-0.4, -0.2) is 19.1 Å². The molecular formula is C49H46Br2IN5O3. The van der Waals surface area contributed by atoms with Crippen molar-refractivity contribution in [3.8, 4) is 11.5 Å². The van der Waals surface area contributed by atoms with Gasteiger partial charge in [0.2, 0.25) is 0 Å². The summed E-state index contributed by atoms with van der Waals surface area (Å²) in [6, 6.07) is 36.0. The highest BCUT2D eigenvalue weighted by molar-refractivity contribution is 14.1. The molecule has 0 radical (unpaired) electrons. The van der Waals surface area contributed by atoms with Gasteiger partial charge in [0.1, 0.15) is 17.2 Å². The monoisotopic (exact) mass is 1040 g/mol. The Morgan fingerprint density at radius 2 is 1.32 bits per heavy atom. The Labute approximate surface area is 382 Å². The molecule has 1 heterocycles. The number of unbranched alkanes of at least 4 members (excludes halogenated alkanes) is 7. The van der Waals surface area contributed by atoms with Crippen molar-refractivity contribution < 1.29 is 14.3 Å². The normalized spacial score (nSPS) is 13.2. The van der Waals surface area contributed by atoms with Gasteiger partial charge in [0.25, 0.3) is 5.91 Å². The molecule has 0 atom stereocenters. The Bertz CT molecular complexity index is 2570. The molecule has 0 unspecified atom stereocenters. The number of anilines is 1. The van der Waals surface area contributed by atoms with Gasteiger partial charge in [0.05, 0.1) is 39.2 Å². The van der Waals surface area contributed by atoms with E-state index in [1.54, 1.807) is 0 Å². The van der Waals surface area contributed by atoms with Crippen LogP contribution in [0.5, 0.6) is 11.5 Å². The molecule has 7 rings (SSSR count). The van der Waals surface area contributed by atoms with Crippen molar-refractivity contribution in [2.45, 2.75) is 65.2 Å². The number of amides is 1. The number of hydrogen-bond donors (Lipinski definition) is 1. The minimum Gasteiger partial charge on any atom is -0.491 e. The van der Waals surface area contributed by atoms with Crippen molar-refractivity contribution in [1.29, 1.82) is 0 Å². The van der Waals surface area contributed by atoms with Gasteiger partial charge in [-0.2, -0.15) is 15.3 Å². The second-order valence-corrected chi connectivity index (χ2v) is 17.8. The Morgan fingerprint density at radius 3 is 2.07 bits per heavy atom. The van der Waals surface area contributed by atoms with Crippen molar-refractivity contribution >= 4 is 111 Å². The van der Waals surface area contributed by atoms with Crippen LogP contribution in [0.25, 0.3) is 22.4 Å². The zero-order valence-electron chi connectivity index (χ0n) is 33.7. The summed E-state index contributed by atoms with van der Waals surface area (Å²) in [5.41, 5.74) is 8.53. The fourth-order valence-corrected chi connectivity index (χ4v) is 8.99. The molecule has 0 bridgehead atoms. The molecule has 1 N–H and O–H groups in total. The molecule has 1 aliphatic rings. The smallest absolute Gasteiger partial charge is 0.256 e. The molecular weight excluding hydrogens is 993 g/mol. The summed E-state index contributed by atoms with van der Waals surface area (Å²) in [5, 5.41) is 23.3. The number of azo groups is 2. The van der Waals surface area contributed by atoms with Crippen LogP contribution >= 0.6 is 54.5 Å². The SMILES string of the molecule is Cc1ccccc1/N=N/c1ccc(/N=N/c2c(OCCCCCCCCCCOc3c(Br)cc(/C=C4\C(=O)Nc5ccc(I)cc54)cc3Br)ccc3ccccc23)c(C)c1. The van der Waals surface area contributed by atoms with Gasteiger partial charge in [-0.15, -0.1) is 5.11 Å². The minimum atomic E-state index is -0.0896. The first-order valence-corrected chi connectivity index (χ1v) is 23.0. The summed E-state index contributed by atoms with van der Waals surface area (Å²) in [4.78, 5) is 12.7. The molecule has 8 nitrogen and oxygen atoms in total. The molecule has 0 fully saturated rings. The van der Waals surface area contributed by atoms with E-state index in [-0.39, 0.29) is 5.91 Å². The van der Waals surface area contributed by atoms with Crippen molar-refractivity contribution in [2.24, 2.45) is 20.5 Å². The Morgan fingerprint density at radius 1 is 0.650 bits per heavy atom. The lowest BCUT2D eigenvalue weighted by molar-refractivity contribution is -0.110. The quantitative estimate of drug-likeness (QED) is 0.0402. The maximum atomic E-state index is 12.7. The Balaban J connectivity index is 0.823. The maximum absolute atomic E-state index is 12.7. The van der Waals surface area contributed by atoms with E-state index in [0.717, 1.165) is 111 Å². The lowest BCUT2D eigenvalue weighted by atomic mass is 10.0. The number of rotatable bonds is 18. The van der Waals surface area contributed by atoms with E-state index in [9.17, 15) is 4.79 Å². The fraction of sp³-hybridized carbons (Fsp3) is 0.245. The van der Waals surface area contributed by atoms with Gasteiger partial charge in [-0.3, -0.25) is 4.79 Å². The number of hydrogen-bond acceptors (Lipinski definition) is 7. The number of benzene rings is 6. The summed E-state index contributed by atoms with van der Waals surface area (Å²) in [6.45, 7) is 5.31. The van der Waals surface area contributed by atoms with Crippen LogP contribution < -0.4 is 14.8 Å². The Hall–Kier alpha value is -4.72. The number of fused-ring (bicyclic) bond motifs is 2. The van der Waals surface area contributed by atoms with Crippen LogP contribution in [0.1, 0.15) is 73.6 Å². The highest BCUT2D eigenvalue weighted by Crippen LogP contribution is 2.40. The first kappa shape index (κ1) is 43.4. The molecule has 11 heteroatoms. The molecule has 6 aromatic carbocycles. The van der Waals surface area contributed by atoms with E-state index in [1.807, 2.05) is 111 Å². The van der Waals surface area contributed by atoms with Crippen molar-refractivity contribution in [3.05, 3.63) is 144 Å². The van der Waals surface area contributed by atoms with Crippen LogP contribution in [0.4, 0.5) is 28.4 Å². The van der Waals surface area contributed by atoms with Crippen molar-refractivity contribution in [1.82, 2.24) is 0 Å². The third-order valence-corrected chi connectivity index (χ3v) is 12.2. The predicted octanol–water partition coefficient (Wildman–Crippen LogP) is 16.5. The standard InChI is InChI=1S/C49H46Br2IN5O3/c1-32-15-9-12-18-43(32)55-54-37-21-23-44(33(2)27-37)56-57-47-38-17-11-10-16-35(38)19-24-46(47)59-25-13-7-5-3-4-6-8-14-26-60-48-41(50)29-34(30-42(48)51)28-40-39-31-36(52)20-22-45(39)53-49(40)58/h9-12,15-24,27-31H,3-8,13-14,25-26H2,1-2H3,(H,53,58)/b40-28-,55-54+,57-56+. The van der Waals surface area contributed by atoms with E-state index in [0.29, 0.717) is 18.8 Å². The molecule has 60 heavy (non-hydrogen) atoms. The van der Waals surface area contributed by atoms with Crippen LogP contribution in [-0.2, 0) is 4.79 Å². The minimum absolute atomic E-state index is 0.0896.